The van der Waals surface area contributed by atoms with E-state index in [1.165, 1.54) is 35.2 Å². The first-order valence-corrected chi connectivity index (χ1v) is 14.3. The Balaban J connectivity index is 1.32. The van der Waals surface area contributed by atoms with E-state index in [9.17, 15) is 9.18 Å². The summed E-state index contributed by atoms with van der Waals surface area (Å²) < 4.78 is 33.1. The predicted molar refractivity (Wildman–Crippen MR) is 154 cm³/mol. The molecule has 208 valence electrons. The lowest BCUT2D eigenvalue weighted by molar-refractivity contribution is 0.0700. The minimum Gasteiger partial charge on any atom is -0.454 e. The fourth-order valence-corrected chi connectivity index (χ4v) is 5.32. The second-order valence-electron chi connectivity index (χ2n) is 9.88. The van der Waals surface area contributed by atoms with Crippen molar-refractivity contribution >= 4 is 11.8 Å². The molecule has 1 aliphatic heterocycles. The minimum absolute atomic E-state index is 0.0817. The van der Waals surface area contributed by atoms with Crippen LogP contribution in [0.15, 0.2) is 83.4 Å². The molecule has 40 heavy (non-hydrogen) atoms. The second-order valence-corrected chi connectivity index (χ2v) is 10.9. The molecule has 2 aliphatic rings. The van der Waals surface area contributed by atoms with Gasteiger partial charge in [0.1, 0.15) is 0 Å². The minimum atomic E-state index is -0.842. The van der Waals surface area contributed by atoms with Crippen molar-refractivity contribution in [3.05, 3.63) is 101 Å². The average molecular weight is 562 g/mol. The molecular formula is C31H32FN3O4S. The van der Waals surface area contributed by atoms with Crippen molar-refractivity contribution in [2.75, 3.05) is 19.2 Å². The second kappa shape index (κ2) is 12.7. The third-order valence-electron chi connectivity index (χ3n) is 6.72. The normalized spacial score (nSPS) is 15.2. The zero-order valence-corrected chi connectivity index (χ0v) is 23.3. The number of fused-ring (bicyclic) bond motifs is 1. The molecule has 1 saturated carbocycles. The molecule has 1 atom stereocenters. The van der Waals surface area contributed by atoms with Crippen LogP contribution in [-0.2, 0) is 11.3 Å². The highest BCUT2D eigenvalue weighted by Gasteiger charge is 2.24. The molecule has 0 amide bonds. The zero-order valence-electron chi connectivity index (χ0n) is 22.5. The van der Waals surface area contributed by atoms with E-state index in [0.29, 0.717) is 33.8 Å². The molecular weight excluding hydrogens is 529 g/mol. The first-order valence-electron chi connectivity index (χ1n) is 13.3. The van der Waals surface area contributed by atoms with Gasteiger partial charge in [0.15, 0.2) is 22.5 Å². The Bertz CT molecular complexity index is 1500. The van der Waals surface area contributed by atoms with Crippen molar-refractivity contribution in [2.45, 2.75) is 44.0 Å². The summed E-state index contributed by atoms with van der Waals surface area (Å²) in [5, 5.41) is 0.581. The quantitative estimate of drug-likeness (QED) is 0.142. The van der Waals surface area contributed by atoms with Gasteiger partial charge >= 0.3 is 0 Å². The molecule has 1 aromatic carbocycles. The fraction of sp³-hybridized carbons (Fsp3) is 0.323. The van der Waals surface area contributed by atoms with E-state index >= 15 is 0 Å². The molecule has 7 nitrogen and oxygen atoms in total. The molecule has 3 aromatic rings. The van der Waals surface area contributed by atoms with Crippen LogP contribution in [0.2, 0.25) is 0 Å². The molecule has 0 bridgehead atoms. The van der Waals surface area contributed by atoms with Crippen LogP contribution < -0.4 is 15.0 Å². The maximum atomic E-state index is 14.8. The van der Waals surface area contributed by atoms with Gasteiger partial charge in [-0.1, -0.05) is 49.2 Å². The van der Waals surface area contributed by atoms with Gasteiger partial charge in [-0.3, -0.25) is 4.79 Å². The van der Waals surface area contributed by atoms with E-state index < -0.39 is 11.4 Å². The highest BCUT2D eigenvalue weighted by atomic mass is 32.2. The van der Waals surface area contributed by atoms with Crippen molar-refractivity contribution in [2.24, 2.45) is 5.92 Å². The topological polar surface area (TPSA) is 75.5 Å². The molecule has 9 heteroatoms. The van der Waals surface area contributed by atoms with Crippen LogP contribution in [0.1, 0.15) is 30.5 Å². The van der Waals surface area contributed by atoms with Crippen LogP contribution >= 0.6 is 11.8 Å². The summed E-state index contributed by atoms with van der Waals surface area (Å²) in [7, 11) is 0. The zero-order chi connectivity index (χ0) is 28.1. The number of ether oxygens (including phenoxy) is 3. The maximum absolute atomic E-state index is 14.8. The predicted octanol–water partition coefficient (Wildman–Crippen LogP) is 6.11. The van der Waals surface area contributed by atoms with Crippen molar-refractivity contribution in [3.63, 3.8) is 0 Å². The molecule has 3 heterocycles. The Kier molecular flexibility index (Phi) is 8.81. The van der Waals surface area contributed by atoms with Gasteiger partial charge in [0.25, 0.3) is 5.56 Å². The van der Waals surface area contributed by atoms with E-state index in [1.807, 2.05) is 25.1 Å². The number of allylic oxidation sites excluding steroid dienone is 2. The lowest BCUT2D eigenvalue weighted by Crippen LogP contribution is -2.23. The van der Waals surface area contributed by atoms with Gasteiger partial charge in [-0.15, -0.1) is 0 Å². The molecule has 1 aliphatic carbocycles. The third-order valence-corrected chi connectivity index (χ3v) is 7.60. The number of pyridine rings is 1. The fourth-order valence-electron chi connectivity index (χ4n) is 4.43. The van der Waals surface area contributed by atoms with E-state index in [-0.39, 0.29) is 19.4 Å². The first kappa shape index (κ1) is 27.9. The van der Waals surface area contributed by atoms with E-state index in [2.05, 4.69) is 18.1 Å². The molecule has 1 fully saturated rings. The first-order chi connectivity index (χ1) is 19.4. The van der Waals surface area contributed by atoms with Crippen molar-refractivity contribution in [1.29, 1.82) is 0 Å². The lowest BCUT2D eigenvalue weighted by Gasteiger charge is -2.19. The van der Waals surface area contributed by atoms with Crippen LogP contribution in [0, 0.1) is 18.7 Å². The van der Waals surface area contributed by atoms with Crippen LogP contribution in [-0.4, -0.2) is 39.8 Å². The van der Waals surface area contributed by atoms with Gasteiger partial charge in [-0.05, 0) is 67.5 Å². The number of thioether (sulfide) groups is 1. The van der Waals surface area contributed by atoms with Gasteiger partial charge in [0.05, 0.1) is 24.9 Å². The summed E-state index contributed by atoms with van der Waals surface area (Å²) in [6.45, 7) is 10.7. The number of aryl methyl sites for hydroxylation is 1. The Hall–Kier alpha value is -3.69. The number of benzene rings is 1. The summed E-state index contributed by atoms with van der Waals surface area (Å²) in [5.41, 5.74) is 2.89. The van der Waals surface area contributed by atoms with E-state index in [0.717, 1.165) is 35.6 Å². The summed E-state index contributed by atoms with van der Waals surface area (Å²) in [6.07, 6.45) is 10.2. The Labute approximate surface area is 237 Å². The van der Waals surface area contributed by atoms with Gasteiger partial charge in [0.2, 0.25) is 6.79 Å². The largest absolute Gasteiger partial charge is 0.454 e. The standard InChI is InChI=1S/C31H32FN3O4S/c1-4-6-23(5-2)27(37-18-21-7-8-21)11-12-40-31-33-20(3)13-26(34-31)24-15-25(32)30(36)35(17-24)16-22-9-10-28-29(14-22)39-19-38-28/h4-6,9-10,13-15,17,21,27H,1-2,7-8,11-12,16,18-19H2,3H3/b23-6+. The maximum Gasteiger partial charge on any atom is 0.286 e. The molecule has 0 spiro atoms. The van der Waals surface area contributed by atoms with Crippen molar-refractivity contribution < 1.29 is 18.6 Å². The SMILES string of the molecule is C=C/C=C(\C=C)C(CCSc1nc(C)cc(-c2cc(F)c(=O)n(Cc3ccc4c(c3)OCO4)c2)n1)OCC1CC1. The number of hydrogen-bond donors (Lipinski definition) is 0. The number of halogens is 1. The highest BCUT2D eigenvalue weighted by molar-refractivity contribution is 7.99. The summed E-state index contributed by atoms with van der Waals surface area (Å²) in [4.78, 5) is 21.9. The number of hydrogen-bond acceptors (Lipinski definition) is 7. The average Bonchev–Trinajstić information content (AvgIpc) is 3.66. The highest BCUT2D eigenvalue weighted by Crippen LogP contribution is 2.33. The van der Waals surface area contributed by atoms with Gasteiger partial charge in [0, 0.05) is 23.2 Å². The van der Waals surface area contributed by atoms with Crippen LogP contribution in [0.3, 0.4) is 0 Å². The monoisotopic (exact) mass is 561 g/mol. The van der Waals surface area contributed by atoms with Gasteiger partial charge in [-0.2, -0.15) is 0 Å². The summed E-state index contributed by atoms with van der Waals surface area (Å²) in [6, 6.07) is 8.43. The van der Waals surface area contributed by atoms with E-state index in [1.54, 1.807) is 30.5 Å². The molecule has 1 unspecified atom stereocenters. The number of rotatable bonds is 13. The lowest BCUT2D eigenvalue weighted by atomic mass is 10.1. The van der Waals surface area contributed by atoms with Crippen LogP contribution in [0.5, 0.6) is 11.5 Å². The number of nitrogens with zero attached hydrogens (tertiary/aromatic N) is 3. The van der Waals surface area contributed by atoms with E-state index in [4.69, 9.17) is 19.2 Å². The molecule has 0 radical (unpaired) electrons. The molecule has 5 rings (SSSR count). The van der Waals surface area contributed by atoms with Gasteiger partial charge in [-0.25, -0.2) is 14.4 Å². The van der Waals surface area contributed by atoms with Crippen LogP contribution in [0.4, 0.5) is 4.39 Å². The molecule has 0 saturated heterocycles. The Morgan fingerprint density at radius 2 is 2.05 bits per heavy atom. The molecule has 0 N–H and O–H groups in total. The Morgan fingerprint density at radius 1 is 1.23 bits per heavy atom. The van der Waals surface area contributed by atoms with Crippen molar-refractivity contribution in [1.82, 2.24) is 14.5 Å². The summed E-state index contributed by atoms with van der Waals surface area (Å²) in [5.74, 6) is 1.79. The van der Waals surface area contributed by atoms with Crippen LogP contribution in [0.25, 0.3) is 11.3 Å². The van der Waals surface area contributed by atoms with Crippen molar-refractivity contribution in [3.8, 4) is 22.8 Å². The summed E-state index contributed by atoms with van der Waals surface area (Å²) >= 11 is 1.52. The van der Waals surface area contributed by atoms with Gasteiger partial charge < -0.3 is 18.8 Å². The molecule has 2 aromatic heterocycles. The third kappa shape index (κ3) is 6.89. The Morgan fingerprint density at radius 3 is 2.83 bits per heavy atom. The smallest absolute Gasteiger partial charge is 0.286 e. The number of aromatic nitrogens is 3.